The SMILES string of the molecule is CCOC(=O)c1cc(C)c2nccn2c1. The van der Waals surface area contributed by atoms with Gasteiger partial charge in [0, 0.05) is 18.6 Å². The lowest BCUT2D eigenvalue weighted by atomic mass is 10.2. The predicted octanol–water partition coefficient (Wildman–Crippen LogP) is 1.82. The standard InChI is InChI=1S/C11H12N2O2/c1-3-15-11(14)9-6-8(2)10-12-4-5-13(10)7-9/h4-7H,3H2,1-2H3. The summed E-state index contributed by atoms with van der Waals surface area (Å²) in [7, 11) is 0. The van der Waals surface area contributed by atoms with Gasteiger partial charge in [-0.3, -0.25) is 0 Å². The molecule has 4 heteroatoms. The molecule has 0 saturated heterocycles. The van der Waals surface area contributed by atoms with Gasteiger partial charge in [0.25, 0.3) is 0 Å². The molecule has 15 heavy (non-hydrogen) atoms. The number of fused-ring (bicyclic) bond motifs is 1. The zero-order valence-electron chi connectivity index (χ0n) is 8.73. The van der Waals surface area contributed by atoms with E-state index in [-0.39, 0.29) is 5.97 Å². The molecule has 78 valence electrons. The smallest absolute Gasteiger partial charge is 0.339 e. The zero-order valence-corrected chi connectivity index (χ0v) is 8.73. The van der Waals surface area contributed by atoms with Crippen LogP contribution in [0.4, 0.5) is 0 Å². The molecule has 0 aliphatic heterocycles. The Morgan fingerprint density at radius 1 is 1.60 bits per heavy atom. The molecule has 2 heterocycles. The molecule has 0 aliphatic rings. The van der Waals surface area contributed by atoms with Gasteiger partial charge < -0.3 is 9.14 Å². The van der Waals surface area contributed by atoms with Crippen LogP contribution in [0.2, 0.25) is 0 Å². The van der Waals surface area contributed by atoms with E-state index in [0.29, 0.717) is 12.2 Å². The van der Waals surface area contributed by atoms with Gasteiger partial charge in [0.2, 0.25) is 0 Å². The molecular weight excluding hydrogens is 192 g/mol. The van der Waals surface area contributed by atoms with Crippen molar-refractivity contribution in [1.29, 1.82) is 0 Å². The Morgan fingerprint density at radius 2 is 2.40 bits per heavy atom. The number of hydrogen-bond acceptors (Lipinski definition) is 3. The number of pyridine rings is 1. The van der Waals surface area contributed by atoms with Crippen LogP contribution in [0.15, 0.2) is 24.7 Å². The van der Waals surface area contributed by atoms with Crippen LogP contribution in [-0.2, 0) is 4.74 Å². The van der Waals surface area contributed by atoms with Crippen LogP contribution in [0.1, 0.15) is 22.8 Å². The summed E-state index contributed by atoms with van der Waals surface area (Å²) in [5.74, 6) is -0.295. The third-order valence-electron chi connectivity index (χ3n) is 2.18. The van der Waals surface area contributed by atoms with Crippen molar-refractivity contribution in [2.45, 2.75) is 13.8 Å². The van der Waals surface area contributed by atoms with Crippen LogP contribution in [0, 0.1) is 6.92 Å². The Morgan fingerprint density at radius 3 is 3.13 bits per heavy atom. The van der Waals surface area contributed by atoms with Crippen molar-refractivity contribution in [3.05, 3.63) is 35.8 Å². The first-order valence-electron chi connectivity index (χ1n) is 4.83. The van der Waals surface area contributed by atoms with Gasteiger partial charge >= 0.3 is 5.97 Å². The first-order chi connectivity index (χ1) is 7.22. The van der Waals surface area contributed by atoms with E-state index < -0.39 is 0 Å². The lowest BCUT2D eigenvalue weighted by Crippen LogP contribution is -2.06. The third kappa shape index (κ3) is 1.70. The number of imidazole rings is 1. The van der Waals surface area contributed by atoms with Crippen LogP contribution < -0.4 is 0 Å². The molecular formula is C11H12N2O2. The second-order valence-corrected chi connectivity index (χ2v) is 3.29. The molecule has 0 N–H and O–H groups in total. The molecule has 0 atom stereocenters. The van der Waals surface area contributed by atoms with Crippen molar-refractivity contribution in [3.63, 3.8) is 0 Å². The van der Waals surface area contributed by atoms with Gasteiger partial charge in [-0.1, -0.05) is 0 Å². The Bertz CT molecular complexity index is 502. The molecule has 0 saturated carbocycles. The summed E-state index contributed by atoms with van der Waals surface area (Å²) >= 11 is 0. The lowest BCUT2D eigenvalue weighted by Gasteiger charge is -2.04. The van der Waals surface area contributed by atoms with E-state index in [4.69, 9.17) is 4.74 Å². The minimum Gasteiger partial charge on any atom is -0.462 e. The number of esters is 1. The fourth-order valence-electron chi connectivity index (χ4n) is 1.53. The molecule has 2 aromatic rings. The minimum absolute atomic E-state index is 0.295. The van der Waals surface area contributed by atoms with Gasteiger partial charge in [0.15, 0.2) is 0 Å². The van der Waals surface area contributed by atoms with Crippen molar-refractivity contribution < 1.29 is 9.53 Å². The van der Waals surface area contributed by atoms with Crippen LogP contribution in [0.3, 0.4) is 0 Å². The first kappa shape index (κ1) is 9.71. The van der Waals surface area contributed by atoms with E-state index in [1.165, 1.54) is 0 Å². The summed E-state index contributed by atoms with van der Waals surface area (Å²) < 4.78 is 6.76. The Kier molecular flexibility index (Phi) is 2.41. The average molecular weight is 204 g/mol. The van der Waals surface area contributed by atoms with E-state index in [0.717, 1.165) is 11.2 Å². The molecule has 2 aromatic heterocycles. The van der Waals surface area contributed by atoms with Crippen LogP contribution in [0.5, 0.6) is 0 Å². The minimum atomic E-state index is -0.295. The maximum Gasteiger partial charge on any atom is 0.339 e. The quantitative estimate of drug-likeness (QED) is 0.701. The summed E-state index contributed by atoms with van der Waals surface area (Å²) in [6, 6.07) is 1.79. The molecule has 0 unspecified atom stereocenters. The average Bonchev–Trinajstić information content (AvgIpc) is 2.66. The fraction of sp³-hybridized carbons (Fsp3) is 0.273. The summed E-state index contributed by atoms with van der Waals surface area (Å²) in [5.41, 5.74) is 2.38. The molecule has 0 bridgehead atoms. The number of rotatable bonds is 2. The van der Waals surface area contributed by atoms with Gasteiger partial charge in [-0.25, -0.2) is 9.78 Å². The molecule has 0 spiro atoms. The van der Waals surface area contributed by atoms with E-state index in [2.05, 4.69) is 4.98 Å². The van der Waals surface area contributed by atoms with E-state index in [9.17, 15) is 4.79 Å². The van der Waals surface area contributed by atoms with E-state index in [1.807, 2.05) is 17.5 Å². The van der Waals surface area contributed by atoms with Crippen molar-refractivity contribution in [2.75, 3.05) is 6.61 Å². The largest absolute Gasteiger partial charge is 0.462 e. The summed E-state index contributed by atoms with van der Waals surface area (Å²) in [4.78, 5) is 15.7. The lowest BCUT2D eigenvalue weighted by molar-refractivity contribution is 0.0525. The number of hydrogen-bond donors (Lipinski definition) is 0. The van der Waals surface area contributed by atoms with Crippen LogP contribution >= 0.6 is 0 Å². The first-order valence-corrected chi connectivity index (χ1v) is 4.83. The second kappa shape index (κ2) is 3.73. The highest BCUT2D eigenvalue weighted by atomic mass is 16.5. The van der Waals surface area contributed by atoms with Crippen LogP contribution in [-0.4, -0.2) is 22.0 Å². The predicted molar refractivity (Wildman–Crippen MR) is 55.9 cm³/mol. The van der Waals surface area contributed by atoms with Gasteiger partial charge in [0.05, 0.1) is 12.2 Å². The molecule has 0 radical (unpaired) electrons. The number of aryl methyl sites for hydroxylation is 1. The fourth-order valence-corrected chi connectivity index (χ4v) is 1.53. The number of carbonyl (C=O) groups is 1. The summed E-state index contributed by atoms with van der Waals surface area (Å²) in [5, 5.41) is 0. The molecule has 0 aliphatic carbocycles. The third-order valence-corrected chi connectivity index (χ3v) is 2.18. The van der Waals surface area contributed by atoms with Gasteiger partial charge in [-0.15, -0.1) is 0 Å². The number of aromatic nitrogens is 2. The maximum atomic E-state index is 11.5. The topological polar surface area (TPSA) is 43.6 Å². The van der Waals surface area contributed by atoms with E-state index in [1.54, 1.807) is 25.4 Å². The number of carbonyl (C=O) groups excluding carboxylic acids is 1. The second-order valence-electron chi connectivity index (χ2n) is 3.29. The zero-order chi connectivity index (χ0) is 10.8. The molecule has 4 nitrogen and oxygen atoms in total. The monoisotopic (exact) mass is 204 g/mol. The normalized spacial score (nSPS) is 10.5. The van der Waals surface area contributed by atoms with Gasteiger partial charge in [-0.2, -0.15) is 0 Å². The highest BCUT2D eigenvalue weighted by molar-refractivity contribution is 5.89. The Hall–Kier alpha value is -1.84. The Labute approximate surface area is 87.5 Å². The van der Waals surface area contributed by atoms with Crippen LogP contribution in [0.25, 0.3) is 5.65 Å². The van der Waals surface area contributed by atoms with Crippen molar-refractivity contribution in [2.24, 2.45) is 0 Å². The number of ether oxygens (including phenoxy) is 1. The molecule has 0 aromatic carbocycles. The highest BCUT2D eigenvalue weighted by Crippen LogP contribution is 2.11. The Balaban J connectivity index is 2.49. The highest BCUT2D eigenvalue weighted by Gasteiger charge is 2.09. The van der Waals surface area contributed by atoms with Crippen molar-refractivity contribution >= 4 is 11.6 Å². The summed E-state index contributed by atoms with van der Waals surface area (Å²) in [6.45, 7) is 4.10. The molecule has 0 amide bonds. The number of nitrogens with zero attached hydrogens (tertiary/aromatic N) is 2. The van der Waals surface area contributed by atoms with Crippen molar-refractivity contribution in [3.8, 4) is 0 Å². The molecule has 0 fully saturated rings. The van der Waals surface area contributed by atoms with Gasteiger partial charge in [0.1, 0.15) is 5.65 Å². The van der Waals surface area contributed by atoms with E-state index >= 15 is 0 Å². The maximum absolute atomic E-state index is 11.5. The molecule has 2 rings (SSSR count). The van der Waals surface area contributed by atoms with Crippen molar-refractivity contribution in [1.82, 2.24) is 9.38 Å². The summed E-state index contributed by atoms with van der Waals surface area (Å²) in [6.07, 6.45) is 5.25. The van der Waals surface area contributed by atoms with Gasteiger partial charge in [-0.05, 0) is 25.5 Å².